The third-order valence-electron chi connectivity index (χ3n) is 11.6. The molecule has 3 aliphatic carbocycles. The Labute approximate surface area is 244 Å². The minimum Gasteiger partial charge on any atom is -0.379 e. The lowest BCUT2D eigenvalue weighted by Crippen LogP contribution is -2.99. The molecule has 0 aromatic carbocycles. The summed E-state index contributed by atoms with van der Waals surface area (Å²) < 4.78 is 18.2. The number of fused-ring (bicyclic) bond motifs is 5. The van der Waals surface area contributed by atoms with Crippen molar-refractivity contribution >= 4 is 17.7 Å². The van der Waals surface area contributed by atoms with E-state index in [1.54, 1.807) is 21.1 Å². The van der Waals surface area contributed by atoms with Gasteiger partial charge in [-0.3, -0.25) is 14.4 Å². The Bertz CT molecular complexity index is 988. The van der Waals surface area contributed by atoms with Gasteiger partial charge in [-0.2, -0.15) is 0 Å². The molecule has 3 aliphatic heterocycles. The maximum Gasteiger partial charge on any atom is 0.249 e. The van der Waals surface area contributed by atoms with Crippen LogP contribution >= 0.6 is 0 Å². The van der Waals surface area contributed by atoms with Crippen molar-refractivity contribution in [3.63, 3.8) is 0 Å². The van der Waals surface area contributed by atoms with Crippen LogP contribution in [0.25, 0.3) is 0 Å². The fourth-order valence-corrected chi connectivity index (χ4v) is 9.97. The summed E-state index contributed by atoms with van der Waals surface area (Å²) in [5.74, 6) is 1.41. The van der Waals surface area contributed by atoms with Gasteiger partial charge in [-0.05, 0) is 76.5 Å². The smallest absolute Gasteiger partial charge is 0.249 e. The molecule has 10 nitrogen and oxygen atoms in total. The van der Waals surface area contributed by atoms with Gasteiger partial charge in [0.2, 0.25) is 17.7 Å². The highest BCUT2D eigenvalue weighted by molar-refractivity contribution is 5.83. The van der Waals surface area contributed by atoms with Crippen molar-refractivity contribution in [1.29, 1.82) is 0 Å². The number of amides is 3. The minimum absolute atomic E-state index is 0.0102. The summed E-state index contributed by atoms with van der Waals surface area (Å²) >= 11 is 0. The number of hydrogen-bond donors (Lipinski definition) is 3. The summed E-state index contributed by atoms with van der Waals surface area (Å²) in [7, 11) is 3.47. The second-order valence-electron chi connectivity index (χ2n) is 13.7. The molecule has 3 saturated heterocycles. The topological polar surface area (TPSA) is 123 Å². The zero-order valence-corrected chi connectivity index (χ0v) is 25.3. The van der Waals surface area contributed by atoms with E-state index in [2.05, 4.69) is 20.9 Å². The molecule has 10 heteroatoms. The molecule has 3 amide bonds. The number of ether oxygens (including phenoxy) is 3. The van der Waals surface area contributed by atoms with Crippen LogP contribution < -0.4 is 16.0 Å². The highest BCUT2D eigenvalue weighted by Crippen LogP contribution is 2.53. The zero-order chi connectivity index (χ0) is 28.8. The van der Waals surface area contributed by atoms with Crippen molar-refractivity contribution in [3.05, 3.63) is 0 Å². The monoisotopic (exact) mass is 575 g/mol. The Morgan fingerprint density at radius 2 is 1.63 bits per heavy atom. The Balaban J connectivity index is 1.08. The molecule has 0 bridgehead atoms. The number of hydrogen-bond acceptors (Lipinski definition) is 6. The molecule has 0 spiro atoms. The molecule has 230 valence electrons. The maximum atomic E-state index is 14.2. The van der Waals surface area contributed by atoms with E-state index in [1.165, 1.54) is 0 Å². The van der Waals surface area contributed by atoms with E-state index in [9.17, 15) is 14.4 Å². The minimum atomic E-state index is -0.501. The molecule has 6 aliphatic rings. The maximum absolute atomic E-state index is 14.2. The van der Waals surface area contributed by atoms with Gasteiger partial charge in [0.1, 0.15) is 12.1 Å². The van der Waals surface area contributed by atoms with Crippen LogP contribution in [0.2, 0.25) is 0 Å². The molecule has 6 rings (SSSR count). The highest BCUT2D eigenvalue weighted by atomic mass is 16.5. The molecular formula is C31H51N4O6+. The van der Waals surface area contributed by atoms with Crippen molar-refractivity contribution in [1.82, 2.24) is 15.5 Å². The lowest BCUT2D eigenvalue weighted by molar-refractivity contribution is -0.713. The number of nitrogens with two attached hydrogens (primary N) is 1. The number of piperidine rings is 2. The van der Waals surface area contributed by atoms with Crippen LogP contribution in [0.5, 0.6) is 0 Å². The average Bonchev–Trinajstić information content (AvgIpc) is 3.30. The van der Waals surface area contributed by atoms with E-state index < -0.39 is 6.10 Å². The van der Waals surface area contributed by atoms with Crippen molar-refractivity contribution in [2.75, 3.05) is 20.8 Å². The number of carbonyl (C=O) groups is 3. The summed E-state index contributed by atoms with van der Waals surface area (Å²) in [6.07, 6.45) is 8.71. The normalized spacial score (nSPS) is 44.3. The first-order valence-corrected chi connectivity index (χ1v) is 16.2. The lowest BCUT2D eigenvalue weighted by atomic mass is 9.64. The van der Waals surface area contributed by atoms with Gasteiger partial charge < -0.3 is 35.1 Å². The van der Waals surface area contributed by atoms with Crippen molar-refractivity contribution in [2.24, 2.45) is 23.7 Å². The van der Waals surface area contributed by atoms with Gasteiger partial charge in [0.25, 0.3) is 0 Å². The highest BCUT2D eigenvalue weighted by Gasteiger charge is 2.66. The van der Waals surface area contributed by atoms with Gasteiger partial charge in [0.05, 0.1) is 36.8 Å². The number of nitrogens with one attached hydrogen (secondary N) is 2. The van der Waals surface area contributed by atoms with Crippen LogP contribution in [-0.4, -0.2) is 98.0 Å². The fourth-order valence-electron chi connectivity index (χ4n) is 9.97. The first-order valence-electron chi connectivity index (χ1n) is 16.2. The number of carbonyl (C=O) groups excluding carboxylic acids is 3. The van der Waals surface area contributed by atoms with E-state index in [4.69, 9.17) is 14.2 Å². The third kappa shape index (κ3) is 5.43. The van der Waals surface area contributed by atoms with Crippen molar-refractivity contribution < 1.29 is 33.9 Å². The van der Waals surface area contributed by atoms with E-state index >= 15 is 0 Å². The van der Waals surface area contributed by atoms with E-state index in [0.29, 0.717) is 29.8 Å². The van der Waals surface area contributed by atoms with Crippen LogP contribution in [0.3, 0.4) is 0 Å². The molecule has 3 heterocycles. The van der Waals surface area contributed by atoms with E-state index in [0.717, 1.165) is 70.8 Å². The van der Waals surface area contributed by atoms with Crippen molar-refractivity contribution in [3.8, 4) is 0 Å². The second kappa shape index (κ2) is 12.1. The molecule has 0 radical (unpaired) electrons. The molecular weight excluding hydrogens is 524 g/mol. The Hall–Kier alpha value is -1.75. The first-order chi connectivity index (χ1) is 19.8. The molecule has 0 aromatic rings. The zero-order valence-electron chi connectivity index (χ0n) is 25.3. The van der Waals surface area contributed by atoms with Crippen LogP contribution in [-0.2, 0) is 28.6 Å². The Morgan fingerprint density at radius 1 is 0.902 bits per heavy atom. The first kappa shape index (κ1) is 29.3. The molecule has 3 saturated carbocycles. The standard InChI is InChI=1S/C31H50N4O6/c1-16(30(37)34-19-7-5-18(6-8-19)33-17(2)36)41-20-9-11-24-23(15-20)21-13-14-32-27-22-10-12-25(39-3)29(40-4)26(22)31(38)35(24)28(21)27/h16,18-29,32H,5-15H2,1-4H3,(H,33,36)(H,34,37)/p+1/t16-,18?,19?,20?,21?,22?,23?,24?,25?,26?,27?,28?,29?/m1/s1. The molecule has 11 atom stereocenters. The number of rotatable bonds is 7. The number of methoxy groups -OCH3 is 2. The predicted molar refractivity (Wildman–Crippen MR) is 151 cm³/mol. The Kier molecular flexibility index (Phi) is 8.65. The van der Waals surface area contributed by atoms with Gasteiger partial charge in [-0.1, -0.05) is 0 Å². The molecule has 10 unspecified atom stereocenters. The summed E-state index contributed by atoms with van der Waals surface area (Å²) in [6.45, 7) is 4.54. The van der Waals surface area contributed by atoms with Gasteiger partial charge in [-0.25, -0.2) is 0 Å². The van der Waals surface area contributed by atoms with Gasteiger partial charge in [0, 0.05) is 51.6 Å². The molecule has 4 N–H and O–H groups in total. The summed E-state index contributed by atoms with van der Waals surface area (Å²) in [4.78, 5) is 41.0. The lowest BCUT2D eigenvalue weighted by Gasteiger charge is -2.53. The largest absolute Gasteiger partial charge is 0.379 e. The predicted octanol–water partition coefficient (Wildman–Crippen LogP) is 0.725. The third-order valence-corrected chi connectivity index (χ3v) is 11.6. The second-order valence-corrected chi connectivity index (χ2v) is 13.7. The van der Waals surface area contributed by atoms with E-state index in [1.807, 2.05) is 6.92 Å². The molecule has 0 aromatic heterocycles. The van der Waals surface area contributed by atoms with Crippen LogP contribution in [0.1, 0.15) is 78.1 Å². The van der Waals surface area contributed by atoms with Gasteiger partial charge in [0.15, 0.2) is 0 Å². The summed E-state index contributed by atoms with van der Waals surface area (Å²) in [5, 5.41) is 8.72. The molecule has 6 fully saturated rings. The van der Waals surface area contributed by atoms with Crippen LogP contribution in [0, 0.1) is 23.7 Å². The summed E-state index contributed by atoms with van der Waals surface area (Å²) in [6, 6.07) is 1.35. The van der Waals surface area contributed by atoms with Crippen LogP contribution in [0.4, 0.5) is 0 Å². The summed E-state index contributed by atoms with van der Waals surface area (Å²) in [5.41, 5.74) is 0. The number of nitrogens with zero attached hydrogens (tertiary/aromatic N) is 1. The quantitative estimate of drug-likeness (QED) is 0.411. The van der Waals surface area contributed by atoms with E-state index in [-0.39, 0.29) is 60.1 Å². The SMILES string of the molecule is COC1CCC2C3[NH2+]CCC4C5CC(O[C@H](C)C(=O)NC6CCC(NC(C)=O)CC6)CCC5N(C(=O)C2C1OC)C43. The van der Waals surface area contributed by atoms with Crippen molar-refractivity contribution in [2.45, 2.75) is 133 Å². The Morgan fingerprint density at radius 3 is 2.32 bits per heavy atom. The fraction of sp³-hybridized carbons (Fsp3) is 0.903. The number of quaternary nitrogens is 1. The average molecular weight is 576 g/mol. The van der Waals surface area contributed by atoms with Gasteiger partial charge in [-0.15, -0.1) is 0 Å². The van der Waals surface area contributed by atoms with Crippen LogP contribution in [0.15, 0.2) is 0 Å². The van der Waals surface area contributed by atoms with Gasteiger partial charge >= 0.3 is 0 Å². The molecule has 41 heavy (non-hydrogen) atoms.